The van der Waals surface area contributed by atoms with Crippen LogP contribution in [-0.4, -0.2) is 6.04 Å². The van der Waals surface area contributed by atoms with Crippen LogP contribution in [0, 0.1) is 20.8 Å². The van der Waals surface area contributed by atoms with Crippen molar-refractivity contribution in [2.45, 2.75) is 52.8 Å². The van der Waals surface area contributed by atoms with E-state index >= 15 is 0 Å². The van der Waals surface area contributed by atoms with Gasteiger partial charge in [0.2, 0.25) is 0 Å². The number of rotatable bonds is 6. The third-order valence-corrected chi connectivity index (χ3v) is 4.90. The van der Waals surface area contributed by atoms with Crippen LogP contribution >= 0.6 is 11.3 Å². The van der Waals surface area contributed by atoms with E-state index in [-0.39, 0.29) is 0 Å². The van der Waals surface area contributed by atoms with E-state index in [1.807, 2.05) is 11.3 Å². The van der Waals surface area contributed by atoms with E-state index in [1.165, 1.54) is 39.3 Å². The summed E-state index contributed by atoms with van der Waals surface area (Å²) >= 11 is 1.88. The standard InChI is InChI=1S/C18H23NOS/c1-12-6-13(2)8-17(7-12)20-11-15-9-18(21-14(15)3)10-19-16-4-5-16/h6-9,16,19H,4-5,10-11H2,1-3H3. The van der Waals surface area contributed by atoms with Crippen molar-refractivity contribution in [3.05, 3.63) is 50.7 Å². The van der Waals surface area contributed by atoms with Gasteiger partial charge in [-0.25, -0.2) is 0 Å². The van der Waals surface area contributed by atoms with Gasteiger partial charge in [-0.05, 0) is 62.9 Å². The van der Waals surface area contributed by atoms with Crippen LogP contribution in [0.25, 0.3) is 0 Å². The van der Waals surface area contributed by atoms with Gasteiger partial charge in [0.25, 0.3) is 0 Å². The Balaban J connectivity index is 1.61. The second-order valence-corrected chi connectivity index (χ2v) is 7.40. The van der Waals surface area contributed by atoms with Gasteiger partial charge in [0, 0.05) is 27.9 Å². The maximum absolute atomic E-state index is 5.97. The van der Waals surface area contributed by atoms with Gasteiger partial charge in [-0.1, -0.05) is 6.07 Å². The highest BCUT2D eigenvalue weighted by atomic mass is 32.1. The van der Waals surface area contributed by atoms with Crippen LogP contribution in [-0.2, 0) is 13.2 Å². The van der Waals surface area contributed by atoms with Crippen LogP contribution < -0.4 is 10.1 Å². The first-order chi connectivity index (χ1) is 10.1. The minimum atomic E-state index is 0.661. The molecule has 1 aromatic carbocycles. The van der Waals surface area contributed by atoms with E-state index in [0.717, 1.165) is 18.3 Å². The molecule has 112 valence electrons. The summed E-state index contributed by atoms with van der Waals surface area (Å²) in [5.74, 6) is 0.968. The number of thiophene rings is 1. The van der Waals surface area contributed by atoms with E-state index in [4.69, 9.17) is 4.74 Å². The molecule has 0 aliphatic heterocycles. The van der Waals surface area contributed by atoms with Crippen molar-refractivity contribution in [3.8, 4) is 5.75 Å². The Kier molecular flexibility index (Phi) is 4.32. The van der Waals surface area contributed by atoms with Crippen molar-refractivity contribution in [1.29, 1.82) is 0 Å². The second kappa shape index (κ2) is 6.20. The fraction of sp³-hybridized carbons (Fsp3) is 0.444. The fourth-order valence-electron chi connectivity index (χ4n) is 2.53. The molecule has 0 atom stereocenters. The summed E-state index contributed by atoms with van der Waals surface area (Å²) in [6, 6.07) is 9.43. The molecule has 1 aromatic heterocycles. The molecule has 2 nitrogen and oxygen atoms in total. The molecule has 1 N–H and O–H groups in total. The van der Waals surface area contributed by atoms with E-state index in [9.17, 15) is 0 Å². The summed E-state index contributed by atoms with van der Waals surface area (Å²) in [7, 11) is 0. The van der Waals surface area contributed by atoms with Crippen molar-refractivity contribution in [2.24, 2.45) is 0 Å². The van der Waals surface area contributed by atoms with E-state index in [2.05, 4.69) is 50.4 Å². The average Bonchev–Trinajstić information content (AvgIpc) is 3.17. The Hall–Kier alpha value is -1.32. The minimum Gasteiger partial charge on any atom is -0.489 e. The van der Waals surface area contributed by atoms with Crippen LogP contribution in [0.5, 0.6) is 5.75 Å². The van der Waals surface area contributed by atoms with Crippen molar-refractivity contribution in [3.63, 3.8) is 0 Å². The summed E-state index contributed by atoms with van der Waals surface area (Å²) < 4.78 is 5.97. The van der Waals surface area contributed by atoms with Crippen LogP contribution in [0.3, 0.4) is 0 Å². The molecular weight excluding hydrogens is 278 g/mol. The lowest BCUT2D eigenvalue weighted by Gasteiger charge is -2.08. The van der Waals surface area contributed by atoms with Crippen molar-refractivity contribution < 1.29 is 4.74 Å². The summed E-state index contributed by atoms with van der Waals surface area (Å²) in [5.41, 5.74) is 3.81. The maximum atomic E-state index is 5.97. The van der Waals surface area contributed by atoms with Gasteiger partial charge in [0.15, 0.2) is 0 Å². The Morgan fingerprint density at radius 3 is 2.48 bits per heavy atom. The van der Waals surface area contributed by atoms with Gasteiger partial charge in [-0.3, -0.25) is 0 Å². The number of benzene rings is 1. The zero-order valence-electron chi connectivity index (χ0n) is 13.0. The first-order valence-corrected chi connectivity index (χ1v) is 8.44. The monoisotopic (exact) mass is 301 g/mol. The highest BCUT2D eigenvalue weighted by Gasteiger charge is 2.20. The molecule has 3 heteroatoms. The number of ether oxygens (including phenoxy) is 1. The SMILES string of the molecule is Cc1cc(C)cc(OCc2cc(CNC3CC3)sc2C)c1. The predicted octanol–water partition coefficient (Wildman–Crippen LogP) is 4.50. The zero-order valence-corrected chi connectivity index (χ0v) is 13.8. The average molecular weight is 301 g/mol. The predicted molar refractivity (Wildman–Crippen MR) is 89.2 cm³/mol. The third kappa shape index (κ3) is 4.08. The van der Waals surface area contributed by atoms with Gasteiger partial charge in [0.05, 0.1) is 0 Å². The van der Waals surface area contributed by atoms with E-state index < -0.39 is 0 Å². The topological polar surface area (TPSA) is 21.3 Å². The molecule has 0 spiro atoms. The second-order valence-electron chi connectivity index (χ2n) is 6.06. The molecule has 2 aromatic rings. The summed E-state index contributed by atoms with van der Waals surface area (Å²) in [6.45, 7) is 8.06. The zero-order chi connectivity index (χ0) is 14.8. The molecule has 0 saturated heterocycles. The molecule has 21 heavy (non-hydrogen) atoms. The largest absolute Gasteiger partial charge is 0.489 e. The number of hydrogen-bond acceptors (Lipinski definition) is 3. The van der Waals surface area contributed by atoms with E-state index in [1.54, 1.807) is 0 Å². The van der Waals surface area contributed by atoms with Gasteiger partial charge in [-0.15, -0.1) is 11.3 Å². The first kappa shape index (κ1) is 14.6. The molecule has 0 unspecified atom stereocenters. The minimum absolute atomic E-state index is 0.661. The van der Waals surface area contributed by atoms with Crippen molar-refractivity contribution >= 4 is 11.3 Å². The highest BCUT2D eigenvalue weighted by molar-refractivity contribution is 7.12. The third-order valence-electron chi connectivity index (χ3n) is 3.80. The van der Waals surface area contributed by atoms with Crippen LogP contribution in [0.2, 0.25) is 0 Å². The Bertz CT molecular complexity index is 608. The summed E-state index contributed by atoms with van der Waals surface area (Å²) in [5, 5.41) is 3.57. The smallest absolute Gasteiger partial charge is 0.120 e. The molecule has 1 heterocycles. The molecular formula is C18H23NOS. The Labute approximate surface area is 131 Å². The lowest BCUT2D eigenvalue weighted by molar-refractivity contribution is 0.305. The van der Waals surface area contributed by atoms with Gasteiger partial charge < -0.3 is 10.1 Å². The van der Waals surface area contributed by atoms with Gasteiger partial charge in [-0.2, -0.15) is 0 Å². The van der Waals surface area contributed by atoms with Crippen LogP contribution in [0.15, 0.2) is 24.3 Å². The molecule has 0 amide bonds. The number of aryl methyl sites for hydroxylation is 3. The van der Waals surface area contributed by atoms with Gasteiger partial charge in [0.1, 0.15) is 12.4 Å². The number of nitrogens with one attached hydrogen (secondary N) is 1. The van der Waals surface area contributed by atoms with Crippen molar-refractivity contribution in [1.82, 2.24) is 5.32 Å². The highest BCUT2D eigenvalue weighted by Crippen LogP contribution is 2.26. The molecule has 1 aliphatic carbocycles. The molecule has 1 saturated carbocycles. The normalized spacial score (nSPS) is 14.4. The molecule has 0 radical (unpaired) electrons. The summed E-state index contributed by atoms with van der Waals surface area (Å²) in [4.78, 5) is 2.78. The first-order valence-electron chi connectivity index (χ1n) is 7.63. The lowest BCUT2D eigenvalue weighted by Crippen LogP contribution is -2.14. The molecule has 1 fully saturated rings. The van der Waals surface area contributed by atoms with Crippen LogP contribution in [0.4, 0.5) is 0 Å². The number of hydrogen-bond donors (Lipinski definition) is 1. The van der Waals surface area contributed by atoms with Crippen LogP contribution in [0.1, 0.15) is 39.3 Å². The Morgan fingerprint density at radius 2 is 1.81 bits per heavy atom. The van der Waals surface area contributed by atoms with Crippen molar-refractivity contribution in [2.75, 3.05) is 0 Å². The molecule has 3 rings (SSSR count). The quantitative estimate of drug-likeness (QED) is 0.848. The lowest BCUT2D eigenvalue weighted by atomic mass is 10.1. The Morgan fingerprint density at radius 1 is 1.10 bits per heavy atom. The molecule has 0 bridgehead atoms. The van der Waals surface area contributed by atoms with E-state index in [0.29, 0.717) is 6.61 Å². The fourth-order valence-corrected chi connectivity index (χ4v) is 3.53. The molecule has 1 aliphatic rings. The maximum Gasteiger partial charge on any atom is 0.120 e. The van der Waals surface area contributed by atoms with Gasteiger partial charge >= 0.3 is 0 Å². The summed E-state index contributed by atoms with van der Waals surface area (Å²) in [6.07, 6.45) is 2.68.